The average Bonchev–Trinajstić information content (AvgIpc) is 2.25. The minimum Gasteiger partial charge on any atom is -0.492 e. The summed E-state index contributed by atoms with van der Waals surface area (Å²) < 4.78 is 6.60. The Morgan fingerprint density at radius 3 is 2.88 bits per heavy atom. The van der Waals surface area contributed by atoms with E-state index in [-0.39, 0.29) is 0 Å². The van der Waals surface area contributed by atoms with Crippen LogP contribution >= 0.6 is 27.5 Å². The highest BCUT2D eigenvalue weighted by molar-refractivity contribution is 9.10. The molecular weight excluding hydrogens is 289 g/mol. The van der Waals surface area contributed by atoms with Gasteiger partial charge in [0.15, 0.2) is 0 Å². The van der Waals surface area contributed by atoms with Gasteiger partial charge in [0.1, 0.15) is 5.75 Å². The van der Waals surface area contributed by atoms with Crippen LogP contribution in [0.15, 0.2) is 22.7 Å². The molecule has 0 aliphatic heterocycles. The van der Waals surface area contributed by atoms with Gasteiger partial charge in [-0.05, 0) is 40.7 Å². The van der Waals surface area contributed by atoms with Crippen LogP contribution in [0.1, 0.15) is 13.8 Å². The molecule has 90 valence electrons. The molecule has 0 saturated heterocycles. The molecule has 1 rings (SSSR count). The van der Waals surface area contributed by atoms with Crippen LogP contribution in [0.3, 0.4) is 0 Å². The van der Waals surface area contributed by atoms with Gasteiger partial charge < -0.3 is 10.1 Å². The lowest BCUT2D eigenvalue weighted by Gasteiger charge is -2.14. The van der Waals surface area contributed by atoms with E-state index in [0.29, 0.717) is 17.5 Å². The third kappa shape index (κ3) is 4.73. The molecule has 2 nitrogen and oxygen atoms in total. The van der Waals surface area contributed by atoms with Crippen LogP contribution in [0.2, 0.25) is 5.02 Å². The van der Waals surface area contributed by atoms with E-state index in [1.165, 1.54) is 0 Å². The molecule has 1 aromatic rings. The zero-order valence-corrected chi connectivity index (χ0v) is 11.9. The summed E-state index contributed by atoms with van der Waals surface area (Å²) in [4.78, 5) is 0. The molecule has 0 bridgehead atoms. The van der Waals surface area contributed by atoms with Crippen molar-refractivity contribution >= 4 is 27.5 Å². The molecule has 0 spiro atoms. The quantitative estimate of drug-likeness (QED) is 0.865. The fourth-order valence-electron chi connectivity index (χ4n) is 1.27. The normalized spacial score (nSPS) is 12.5. The van der Waals surface area contributed by atoms with Crippen molar-refractivity contribution in [1.82, 2.24) is 5.32 Å². The van der Waals surface area contributed by atoms with Gasteiger partial charge in [-0.1, -0.05) is 25.4 Å². The van der Waals surface area contributed by atoms with Gasteiger partial charge in [0.05, 0.1) is 11.1 Å². The van der Waals surface area contributed by atoms with Crippen molar-refractivity contribution < 1.29 is 4.74 Å². The van der Waals surface area contributed by atoms with Crippen molar-refractivity contribution in [2.45, 2.75) is 13.8 Å². The lowest BCUT2D eigenvalue weighted by atomic mass is 10.2. The van der Waals surface area contributed by atoms with E-state index >= 15 is 0 Å². The summed E-state index contributed by atoms with van der Waals surface area (Å²) >= 11 is 9.28. The Morgan fingerprint density at radius 1 is 1.50 bits per heavy atom. The molecule has 0 radical (unpaired) electrons. The summed E-state index contributed by atoms with van der Waals surface area (Å²) in [7, 11) is 0. The van der Waals surface area contributed by atoms with Crippen LogP contribution in [0.4, 0.5) is 0 Å². The first-order valence-corrected chi connectivity index (χ1v) is 6.59. The minimum atomic E-state index is 0.488. The highest BCUT2D eigenvalue weighted by atomic mass is 79.9. The van der Waals surface area contributed by atoms with Crippen LogP contribution in [-0.4, -0.2) is 19.7 Å². The second kappa shape index (κ2) is 7.15. The van der Waals surface area contributed by atoms with Crippen molar-refractivity contribution in [3.05, 3.63) is 27.7 Å². The Bertz CT molecular complexity index is 333. The predicted molar refractivity (Wildman–Crippen MR) is 72.4 cm³/mol. The molecule has 0 heterocycles. The third-order valence-electron chi connectivity index (χ3n) is 2.16. The number of ether oxygens (including phenoxy) is 1. The van der Waals surface area contributed by atoms with Crippen LogP contribution in [0.5, 0.6) is 5.75 Å². The number of nitrogens with one attached hydrogen (secondary N) is 1. The molecule has 1 N–H and O–H groups in total. The second-order valence-corrected chi connectivity index (χ2v) is 5.09. The van der Waals surface area contributed by atoms with E-state index in [4.69, 9.17) is 16.3 Å². The van der Waals surface area contributed by atoms with E-state index in [1.54, 1.807) is 0 Å². The monoisotopic (exact) mass is 305 g/mol. The molecular formula is C12H17BrClNO. The number of rotatable bonds is 6. The Balaban J connectivity index is 2.42. The zero-order valence-electron chi connectivity index (χ0n) is 9.59. The maximum Gasteiger partial charge on any atom is 0.133 e. The largest absolute Gasteiger partial charge is 0.492 e. The molecule has 0 aromatic heterocycles. The molecule has 1 aromatic carbocycles. The summed E-state index contributed by atoms with van der Waals surface area (Å²) in [5.41, 5.74) is 0. The number of benzene rings is 1. The van der Waals surface area contributed by atoms with E-state index in [9.17, 15) is 0 Å². The van der Waals surface area contributed by atoms with E-state index in [0.717, 1.165) is 23.3 Å². The van der Waals surface area contributed by atoms with Crippen molar-refractivity contribution in [3.8, 4) is 5.75 Å². The van der Waals surface area contributed by atoms with E-state index in [1.807, 2.05) is 18.2 Å². The second-order valence-electron chi connectivity index (χ2n) is 3.80. The van der Waals surface area contributed by atoms with Gasteiger partial charge in [-0.2, -0.15) is 0 Å². The first kappa shape index (κ1) is 13.8. The predicted octanol–water partition coefficient (Wildman–Crippen LogP) is 3.73. The highest BCUT2D eigenvalue weighted by Gasteiger charge is 2.05. The topological polar surface area (TPSA) is 21.3 Å². The fraction of sp³-hybridized carbons (Fsp3) is 0.500. The van der Waals surface area contributed by atoms with E-state index < -0.39 is 0 Å². The standard InChI is InChI=1S/C12H17BrClNO/c1-3-15-7-9(2)8-16-12-5-4-10(14)6-11(12)13/h4-6,9,15H,3,7-8H2,1-2H3. The van der Waals surface area contributed by atoms with Crippen molar-refractivity contribution in [2.24, 2.45) is 5.92 Å². The maximum absolute atomic E-state index is 5.85. The summed E-state index contributed by atoms with van der Waals surface area (Å²) in [6.07, 6.45) is 0. The van der Waals surface area contributed by atoms with Gasteiger partial charge in [-0.25, -0.2) is 0 Å². The minimum absolute atomic E-state index is 0.488. The van der Waals surface area contributed by atoms with Crippen molar-refractivity contribution in [2.75, 3.05) is 19.7 Å². The van der Waals surface area contributed by atoms with E-state index in [2.05, 4.69) is 35.1 Å². The zero-order chi connectivity index (χ0) is 12.0. The van der Waals surface area contributed by atoms with Gasteiger partial charge in [0.25, 0.3) is 0 Å². The summed E-state index contributed by atoms with van der Waals surface area (Å²) in [6.45, 7) is 6.93. The van der Waals surface area contributed by atoms with Crippen molar-refractivity contribution in [3.63, 3.8) is 0 Å². The molecule has 0 fully saturated rings. The summed E-state index contributed by atoms with van der Waals surface area (Å²) in [5, 5.41) is 4.00. The van der Waals surface area contributed by atoms with Crippen LogP contribution in [0.25, 0.3) is 0 Å². The first-order chi connectivity index (χ1) is 7.63. The highest BCUT2D eigenvalue weighted by Crippen LogP contribution is 2.28. The van der Waals surface area contributed by atoms with Gasteiger partial charge in [0.2, 0.25) is 0 Å². The molecule has 0 amide bonds. The van der Waals surface area contributed by atoms with Crippen molar-refractivity contribution in [1.29, 1.82) is 0 Å². The van der Waals surface area contributed by atoms with Crippen LogP contribution in [0, 0.1) is 5.92 Å². The molecule has 0 aliphatic rings. The molecule has 4 heteroatoms. The molecule has 0 aliphatic carbocycles. The van der Waals surface area contributed by atoms with Gasteiger partial charge in [-0.15, -0.1) is 0 Å². The van der Waals surface area contributed by atoms with Gasteiger partial charge >= 0.3 is 0 Å². The van der Waals surface area contributed by atoms with Crippen LogP contribution < -0.4 is 10.1 Å². The van der Waals surface area contributed by atoms with Gasteiger partial charge in [0, 0.05) is 17.5 Å². The first-order valence-electron chi connectivity index (χ1n) is 5.42. The number of hydrogen-bond donors (Lipinski definition) is 1. The number of halogens is 2. The lowest BCUT2D eigenvalue weighted by Crippen LogP contribution is -2.24. The fourth-order valence-corrected chi connectivity index (χ4v) is 2.07. The lowest BCUT2D eigenvalue weighted by molar-refractivity contribution is 0.255. The Morgan fingerprint density at radius 2 is 2.25 bits per heavy atom. The maximum atomic E-state index is 5.85. The summed E-state index contributed by atoms with van der Waals surface area (Å²) in [6, 6.07) is 5.55. The molecule has 1 unspecified atom stereocenters. The smallest absolute Gasteiger partial charge is 0.133 e. The Hall–Kier alpha value is -0.250. The molecule has 1 atom stereocenters. The average molecular weight is 307 g/mol. The van der Waals surface area contributed by atoms with Crippen LogP contribution in [-0.2, 0) is 0 Å². The Kier molecular flexibility index (Phi) is 6.17. The summed E-state index contributed by atoms with van der Waals surface area (Å²) in [5.74, 6) is 1.33. The molecule has 0 saturated carbocycles. The third-order valence-corrected chi connectivity index (χ3v) is 3.01. The Labute approximate surface area is 110 Å². The van der Waals surface area contributed by atoms with Gasteiger partial charge in [-0.3, -0.25) is 0 Å². The molecule has 16 heavy (non-hydrogen) atoms. The SMILES string of the molecule is CCNCC(C)COc1ccc(Cl)cc1Br. The number of hydrogen-bond acceptors (Lipinski definition) is 2.